The fourth-order valence-electron chi connectivity index (χ4n) is 1.88. The maximum Gasteiger partial charge on any atom is 0.277 e. The van der Waals surface area contributed by atoms with Crippen molar-refractivity contribution in [3.05, 3.63) is 41.6 Å². The van der Waals surface area contributed by atoms with Gasteiger partial charge >= 0.3 is 0 Å². The molecule has 0 aliphatic carbocycles. The summed E-state index contributed by atoms with van der Waals surface area (Å²) < 4.78 is 1.80. The minimum atomic E-state index is -0.161. The summed E-state index contributed by atoms with van der Waals surface area (Å²) in [5.74, 6) is -0.161. The first-order chi connectivity index (χ1) is 7.75. The third-order valence-corrected chi connectivity index (χ3v) is 2.72. The van der Waals surface area contributed by atoms with Crippen molar-refractivity contribution in [1.82, 2.24) is 9.78 Å². The fourth-order valence-corrected chi connectivity index (χ4v) is 1.88. The molecule has 4 heteroatoms. The van der Waals surface area contributed by atoms with Gasteiger partial charge < -0.3 is 0 Å². The molecule has 0 N–H and O–H groups in total. The highest BCUT2D eigenvalue weighted by Crippen LogP contribution is 2.23. The van der Waals surface area contributed by atoms with Gasteiger partial charge in [-0.1, -0.05) is 6.07 Å². The van der Waals surface area contributed by atoms with Gasteiger partial charge in [0.2, 0.25) is 0 Å². The number of fused-ring (bicyclic) bond motifs is 1. The zero-order chi connectivity index (χ0) is 11.1. The lowest BCUT2D eigenvalue weighted by Gasteiger charge is -2.03. The van der Waals surface area contributed by atoms with Crippen LogP contribution in [0.5, 0.6) is 0 Å². The van der Waals surface area contributed by atoms with Gasteiger partial charge in [0, 0.05) is 30.6 Å². The van der Waals surface area contributed by atoms with Crippen LogP contribution in [0.15, 0.2) is 35.5 Å². The van der Waals surface area contributed by atoms with Crippen LogP contribution >= 0.6 is 0 Å². The maximum atomic E-state index is 11.3. The molecule has 1 aliphatic heterocycles. The minimum Gasteiger partial charge on any atom is -0.268 e. The summed E-state index contributed by atoms with van der Waals surface area (Å²) >= 11 is 0. The number of aliphatic imine (C=N–C) groups is 1. The van der Waals surface area contributed by atoms with Gasteiger partial charge in [0.05, 0.1) is 11.3 Å². The molecule has 1 aromatic heterocycles. The average Bonchev–Trinajstić information content (AvgIpc) is 2.86. The lowest BCUT2D eigenvalue weighted by molar-refractivity contribution is 0.101. The summed E-state index contributed by atoms with van der Waals surface area (Å²) in [5.41, 5.74) is 3.62. The molecule has 1 aliphatic rings. The Kier molecular flexibility index (Phi) is 1.77. The van der Waals surface area contributed by atoms with Gasteiger partial charge in [0.25, 0.3) is 5.91 Å². The van der Waals surface area contributed by atoms with Crippen molar-refractivity contribution < 1.29 is 4.79 Å². The van der Waals surface area contributed by atoms with Gasteiger partial charge in [-0.25, -0.2) is 4.99 Å². The number of carbonyl (C=O) groups excluding carboxylic acids is 1. The number of amides is 1. The highest BCUT2D eigenvalue weighted by Gasteiger charge is 2.16. The van der Waals surface area contributed by atoms with Gasteiger partial charge in [0.15, 0.2) is 0 Å². The molecular weight excluding hydrogens is 202 g/mol. The molecule has 2 aromatic rings. The van der Waals surface area contributed by atoms with Crippen molar-refractivity contribution in [1.29, 1.82) is 0 Å². The zero-order valence-corrected chi connectivity index (χ0v) is 8.71. The van der Waals surface area contributed by atoms with Crippen molar-refractivity contribution >= 4 is 12.1 Å². The van der Waals surface area contributed by atoms with Crippen LogP contribution in [0.4, 0.5) is 0 Å². The quantitative estimate of drug-likeness (QED) is 0.720. The van der Waals surface area contributed by atoms with Crippen LogP contribution in [0.2, 0.25) is 0 Å². The summed E-state index contributed by atoms with van der Waals surface area (Å²) in [5, 5.41) is 4.12. The number of rotatable bonds is 1. The van der Waals surface area contributed by atoms with E-state index in [9.17, 15) is 4.79 Å². The summed E-state index contributed by atoms with van der Waals surface area (Å²) in [7, 11) is 1.89. The van der Waals surface area contributed by atoms with E-state index in [0.717, 1.165) is 16.8 Å². The molecule has 78 valence electrons. The Hall–Kier alpha value is -2.23. The van der Waals surface area contributed by atoms with Crippen LogP contribution in [0.25, 0.3) is 11.3 Å². The Labute approximate surface area is 92.2 Å². The number of carbonyl (C=O) groups is 1. The van der Waals surface area contributed by atoms with Crippen molar-refractivity contribution in [2.24, 2.45) is 12.0 Å². The molecule has 16 heavy (non-hydrogen) atoms. The SMILES string of the molecule is Cn1nccc1-c1ccc2c(c1)C=NC2=O. The molecule has 0 fully saturated rings. The Bertz CT molecular complexity index is 610. The van der Waals surface area contributed by atoms with Crippen LogP contribution in [0.1, 0.15) is 15.9 Å². The normalized spacial score (nSPS) is 13.2. The Morgan fingerprint density at radius 2 is 2.12 bits per heavy atom. The molecule has 0 atom stereocenters. The van der Waals surface area contributed by atoms with Gasteiger partial charge in [0.1, 0.15) is 0 Å². The van der Waals surface area contributed by atoms with Crippen LogP contribution in [0, 0.1) is 0 Å². The number of hydrogen-bond donors (Lipinski definition) is 0. The molecular formula is C12H9N3O. The summed E-state index contributed by atoms with van der Waals surface area (Å²) in [6, 6.07) is 7.63. The van der Waals surface area contributed by atoms with Gasteiger partial charge in [-0.3, -0.25) is 9.48 Å². The molecule has 1 amide bonds. The van der Waals surface area contributed by atoms with E-state index in [1.807, 2.05) is 31.3 Å². The maximum absolute atomic E-state index is 11.3. The van der Waals surface area contributed by atoms with Crippen molar-refractivity contribution in [2.75, 3.05) is 0 Å². The van der Waals surface area contributed by atoms with Crippen molar-refractivity contribution in [3.63, 3.8) is 0 Å². The summed E-state index contributed by atoms with van der Waals surface area (Å²) in [4.78, 5) is 15.1. The Balaban J connectivity index is 2.15. The van der Waals surface area contributed by atoms with E-state index in [1.54, 1.807) is 17.1 Å². The van der Waals surface area contributed by atoms with E-state index in [2.05, 4.69) is 10.1 Å². The first-order valence-electron chi connectivity index (χ1n) is 4.96. The van der Waals surface area contributed by atoms with E-state index in [4.69, 9.17) is 0 Å². The van der Waals surface area contributed by atoms with Gasteiger partial charge in [-0.05, 0) is 18.2 Å². The summed E-state index contributed by atoms with van der Waals surface area (Å²) in [6.07, 6.45) is 3.36. The van der Waals surface area contributed by atoms with E-state index in [1.165, 1.54) is 0 Å². The second-order valence-corrected chi connectivity index (χ2v) is 3.71. The second-order valence-electron chi connectivity index (χ2n) is 3.71. The highest BCUT2D eigenvalue weighted by atomic mass is 16.1. The molecule has 0 radical (unpaired) electrons. The van der Waals surface area contributed by atoms with E-state index in [0.29, 0.717) is 5.56 Å². The monoisotopic (exact) mass is 211 g/mol. The largest absolute Gasteiger partial charge is 0.277 e. The van der Waals surface area contributed by atoms with Crippen molar-refractivity contribution in [2.45, 2.75) is 0 Å². The van der Waals surface area contributed by atoms with E-state index >= 15 is 0 Å². The summed E-state index contributed by atoms with van der Waals surface area (Å²) in [6.45, 7) is 0. The molecule has 2 heterocycles. The highest BCUT2D eigenvalue weighted by molar-refractivity contribution is 6.13. The number of hydrogen-bond acceptors (Lipinski definition) is 2. The molecule has 0 saturated heterocycles. The third kappa shape index (κ3) is 1.20. The number of aryl methyl sites for hydroxylation is 1. The molecule has 0 saturated carbocycles. The van der Waals surface area contributed by atoms with Crippen molar-refractivity contribution in [3.8, 4) is 11.3 Å². The minimum absolute atomic E-state index is 0.161. The lowest BCUT2D eigenvalue weighted by Crippen LogP contribution is -1.96. The third-order valence-electron chi connectivity index (χ3n) is 2.72. The van der Waals surface area contributed by atoms with Crippen LogP contribution in [-0.2, 0) is 7.05 Å². The molecule has 1 aromatic carbocycles. The van der Waals surface area contributed by atoms with E-state index in [-0.39, 0.29) is 5.91 Å². The predicted molar refractivity (Wildman–Crippen MR) is 60.6 cm³/mol. The number of benzene rings is 1. The van der Waals surface area contributed by atoms with Crippen LogP contribution in [0.3, 0.4) is 0 Å². The smallest absolute Gasteiger partial charge is 0.268 e. The standard InChI is InChI=1S/C12H9N3O/c1-15-11(4-5-14-15)8-2-3-10-9(6-8)7-13-12(10)16/h2-7H,1H3. The Morgan fingerprint density at radius 1 is 1.25 bits per heavy atom. The van der Waals surface area contributed by atoms with Gasteiger partial charge in [-0.2, -0.15) is 5.10 Å². The first-order valence-corrected chi connectivity index (χ1v) is 4.96. The zero-order valence-electron chi connectivity index (χ0n) is 8.71. The molecule has 3 rings (SSSR count). The topological polar surface area (TPSA) is 47.2 Å². The predicted octanol–water partition coefficient (Wildman–Crippen LogP) is 1.66. The first kappa shape index (κ1) is 9.03. The number of nitrogens with zero attached hydrogens (tertiary/aromatic N) is 3. The van der Waals surface area contributed by atoms with E-state index < -0.39 is 0 Å². The molecule has 0 spiro atoms. The lowest BCUT2D eigenvalue weighted by atomic mass is 10.0. The van der Waals surface area contributed by atoms with Gasteiger partial charge in [-0.15, -0.1) is 0 Å². The molecule has 0 unspecified atom stereocenters. The van der Waals surface area contributed by atoms with Crippen LogP contribution < -0.4 is 0 Å². The second kappa shape index (κ2) is 3.13. The Morgan fingerprint density at radius 3 is 2.88 bits per heavy atom. The molecule has 4 nitrogen and oxygen atoms in total. The molecule has 0 bridgehead atoms. The number of aromatic nitrogens is 2. The van der Waals surface area contributed by atoms with Crippen LogP contribution in [-0.4, -0.2) is 21.9 Å². The fraction of sp³-hybridized carbons (Fsp3) is 0.0833. The average molecular weight is 211 g/mol.